The van der Waals surface area contributed by atoms with Crippen molar-refractivity contribution in [2.75, 3.05) is 18.8 Å². The minimum atomic E-state index is 0.170. The Morgan fingerprint density at radius 1 is 1.35 bits per heavy atom. The highest BCUT2D eigenvalue weighted by Crippen LogP contribution is 2.42. The number of carbonyl (C=O) groups is 1. The van der Waals surface area contributed by atoms with Crippen LogP contribution in [0.1, 0.15) is 60.9 Å². The van der Waals surface area contributed by atoms with E-state index in [4.69, 9.17) is 10.2 Å². The highest BCUT2D eigenvalue weighted by Gasteiger charge is 2.34. The van der Waals surface area contributed by atoms with E-state index in [1.54, 1.807) is 0 Å². The zero-order valence-electron chi connectivity index (χ0n) is 13.7. The lowest BCUT2D eigenvalue weighted by Crippen LogP contribution is -2.37. The predicted octanol–water partition coefficient (Wildman–Crippen LogP) is 3.95. The van der Waals surface area contributed by atoms with Gasteiger partial charge < -0.3 is 15.1 Å². The molecule has 0 bridgehead atoms. The molecule has 4 heteroatoms. The Balaban J connectivity index is 1.73. The van der Waals surface area contributed by atoms with Crippen molar-refractivity contribution in [3.05, 3.63) is 29.3 Å². The molecule has 122 valence electrons. The Morgan fingerprint density at radius 2 is 2.22 bits per heavy atom. The van der Waals surface area contributed by atoms with Crippen LogP contribution in [-0.2, 0) is 0 Å². The van der Waals surface area contributed by atoms with Crippen LogP contribution in [0.2, 0.25) is 0 Å². The number of nitrogens with zero attached hydrogens (tertiary/aromatic N) is 1. The fraction of sp³-hybridized carbons (Fsp3) is 0.526. The first kappa shape index (κ1) is 14.8. The van der Waals surface area contributed by atoms with E-state index in [9.17, 15) is 4.79 Å². The van der Waals surface area contributed by atoms with Gasteiger partial charge in [0.25, 0.3) is 0 Å². The second-order valence-electron chi connectivity index (χ2n) is 6.92. The molecule has 1 aromatic carbocycles. The molecule has 0 amide bonds. The number of nitrogen functional groups attached to an aromatic ring is 1. The Bertz CT molecular complexity index is 749. The Hall–Kier alpha value is -1.81. The number of furan rings is 1. The number of benzene rings is 1. The molecule has 1 aromatic heterocycles. The summed E-state index contributed by atoms with van der Waals surface area (Å²) in [7, 11) is 0. The summed E-state index contributed by atoms with van der Waals surface area (Å²) in [5, 5.41) is 1.04. The zero-order valence-corrected chi connectivity index (χ0v) is 13.7. The molecule has 0 spiro atoms. The Labute approximate surface area is 136 Å². The van der Waals surface area contributed by atoms with Gasteiger partial charge in [0.1, 0.15) is 5.58 Å². The minimum absolute atomic E-state index is 0.170. The first-order valence-corrected chi connectivity index (χ1v) is 8.76. The second kappa shape index (κ2) is 5.68. The summed E-state index contributed by atoms with van der Waals surface area (Å²) in [6, 6.07) is 6.42. The Kier molecular flexibility index (Phi) is 3.64. The average molecular weight is 312 g/mol. The van der Waals surface area contributed by atoms with Gasteiger partial charge in [-0.05, 0) is 62.9 Å². The first-order valence-electron chi connectivity index (χ1n) is 8.76. The van der Waals surface area contributed by atoms with Crippen molar-refractivity contribution in [2.45, 2.75) is 51.0 Å². The zero-order chi connectivity index (χ0) is 16.0. The molecule has 2 aliphatic heterocycles. The summed E-state index contributed by atoms with van der Waals surface area (Å²) >= 11 is 0. The van der Waals surface area contributed by atoms with Gasteiger partial charge in [0, 0.05) is 29.0 Å². The van der Waals surface area contributed by atoms with Crippen LogP contribution in [0.4, 0.5) is 5.88 Å². The molecular formula is C19H24N2O2. The number of anilines is 1. The number of Topliss-reactive ketones (excluding diaryl/α,β-unsaturated/α-hetero) is 1. The van der Waals surface area contributed by atoms with E-state index in [1.807, 2.05) is 25.1 Å². The molecule has 4 nitrogen and oxygen atoms in total. The van der Waals surface area contributed by atoms with Crippen molar-refractivity contribution < 1.29 is 9.21 Å². The number of piperidine rings is 1. The predicted molar refractivity (Wildman–Crippen MR) is 91.8 cm³/mol. The third kappa shape index (κ3) is 2.45. The highest BCUT2D eigenvalue weighted by atomic mass is 16.3. The summed E-state index contributed by atoms with van der Waals surface area (Å²) in [4.78, 5) is 14.6. The average Bonchev–Trinajstić information content (AvgIpc) is 3.15. The number of hydrogen-bond donors (Lipinski definition) is 1. The summed E-state index contributed by atoms with van der Waals surface area (Å²) in [5.41, 5.74) is 8.92. The molecule has 4 rings (SSSR count). The molecule has 2 aliphatic rings. The summed E-state index contributed by atoms with van der Waals surface area (Å²) in [6.45, 7) is 4.29. The standard InChI is InChI=1S/C19H24N2O2/c1-2-16(22)12-5-6-17-15(11-12)18(19(20)23-17)13-7-9-21-8-3-4-14(21)10-13/h5-6,11,13-14H,2-4,7-10,20H2,1H3. The van der Waals surface area contributed by atoms with Gasteiger partial charge in [-0.1, -0.05) is 6.92 Å². The largest absolute Gasteiger partial charge is 0.441 e. The third-order valence-electron chi connectivity index (χ3n) is 5.63. The topological polar surface area (TPSA) is 59.5 Å². The van der Waals surface area contributed by atoms with Crippen molar-refractivity contribution in [3.63, 3.8) is 0 Å². The lowest BCUT2D eigenvalue weighted by molar-refractivity contribution is 0.0988. The molecule has 2 aromatic rings. The monoisotopic (exact) mass is 312 g/mol. The molecule has 2 atom stereocenters. The van der Waals surface area contributed by atoms with E-state index >= 15 is 0 Å². The van der Waals surface area contributed by atoms with Gasteiger partial charge in [0.05, 0.1) is 0 Å². The van der Waals surface area contributed by atoms with Crippen molar-refractivity contribution in [1.29, 1.82) is 0 Å². The van der Waals surface area contributed by atoms with Crippen molar-refractivity contribution in [2.24, 2.45) is 0 Å². The van der Waals surface area contributed by atoms with Gasteiger partial charge in [-0.25, -0.2) is 0 Å². The van der Waals surface area contributed by atoms with Gasteiger partial charge >= 0.3 is 0 Å². The number of rotatable bonds is 3. The van der Waals surface area contributed by atoms with Crippen LogP contribution >= 0.6 is 0 Å². The maximum absolute atomic E-state index is 12.0. The van der Waals surface area contributed by atoms with Gasteiger partial charge in [-0.3, -0.25) is 4.79 Å². The van der Waals surface area contributed by atoms with Crippen LogP contribution in [0.15, 0.2) is 22.6 Å². The van der Waals surface area contributed by atoms with Gasteiger partial charge in [-0.2, -0.15) is 0 Å². The van der Waals surface area contributed by atoms with Crippen LogP contribution < -0.4 is 5.73 Å². The number of ketones is 1. The first-order chi connectivity index (χ1) is 11.2. The molecule has 3 heterocycles. The molecule has 2 N–H and O–H groups in total. The van der Waals surface area contributed by atoms with Crippen LogP contribution in [-0.4, -0.2) is 29.8 Å². The molecular weight excluding hydrogens is 288 g/mol. The van der Waals surface area contributed by atoms with Crippen molar-refractivity contribution >= 4 is 22.6 Å². The number of hydrogen-bond acceptors (Lipinski definition) is 4. The minimum Gasteiger partial charge on any atom is -0.441 e. The van der Waals surface area contributed by atoms with Crippen LogP contribution in [0.5, 0.6) is 0 Å². The molecule has 2 saturated heterocycles. The highest BCUT2D eigenvalue weighted by molar-refractivity contribution is 6.00. The number of fused-ring (bicyclic) bond motifs is 2. The van der Waals surface area contributed by atoms with Crippen LogP contribution in [0, 0.1) is 0 Å². The van der Waals surface area contributed by atoms with Crippen molar-refractivity contribution in [1.82, 2.24) is 4.90 Å². The summed E-state index contributed by atoms with van der Waals surface area (Å²) in [5.74, 6) is 1.16. The molecule has 0 saturated carbocycles. The summed E-state index contributed by atoms with van der Waals surface area (Å²) < 4.78 is 5.78. The van der Waals surface area contributed by atoms with Gasteiger partial charge in [0.15, 0.2) is 11.7 Å². The fourth-order valence-corrected chi connectivity index (χ4v) is 4.42. The molecule has 0 aliphatic carbocycles. The maximum Gasteiger partial charge on any atom is 0.195 e. The molecule has 2 fully saturated rings. The van der Waals surface area contributed by atoms with E-state index in [-0.39, 0.29) is 5.78 Å². The molecule has 0 radical (unpaired) electrons. The fourth-order valence-electron chi connectivity index (χ4n) is 4.42. The lowest BCUT2D eigenvalue weighted by atomic mass is 9.84. The summed E-state index contributed by atoms with van der Waals surface area (Å²) in [6.07, 6.45) is 5.42. The van der Waals surface area contributed by atoms with E-state index in [0.717, 1.165) is 41.5 Å². The maximum atomic E-state index is 12.0. The van der Waals surface area contributed by atoms with E-state index in [0.29, 0.717) is 24.3 Å². The van der Waals surface area contributed by atoms with Crippen LogP contribution in [0.3, 0.4) is 0 Å². The number of carbonyl (C=O) groups excluding carboxylic acids is 1. The van der Waals surface area contributed by atoms with Crippen molar-refractivity contribution in [3.8, 4) is 0 Å². The molecule has 2 unspecified atom stereocenters. The Morgan fingerprint density at radius 3 is 3.04 bits per heavy atom. The van der Waals surface area contributed by atoms with E-state index in [2.05, 4.69) is 4.90 Å². The second-order valence-corrected chi connectivity index (χ2v) is 6.92. The lowest BCUT2D eigenvalue weighted by Gasteiger charge is -2.34. The van der Waals surface area contributed by atoms with Gasteiger partial charge in [-0.15, -0.1) is 0 Å². The van der Waals surface area contributed by atoms with E-state index in [1.165, 1.54) is 19.4 Å². The van der Waals surface area contributed by atoms with Crippen LogP contribution in [0.25, 0.3) is 11.0 Å². The molecule has 23 heavy (non-hydrogen) atoms. The quantitative estimate of drug-likeness (QED) is 0.872. The smallest absolute Gasteiger partial charge is 0.195 e. The normalized spacial score (nSPS) is 24.9. The van der Waals surface area contributed by atoms with Gasteiger partial charge in [0.2, 0.25) is 0 Å². The number of nitrogens with two attached hydrogens (primary N) is 1. The third-order valence-corrected chi connectivity index (χ3v) is 5.63. The van der Waals surface area contributed by atoms with E-state index < -0.39 is 0 Å². The SMILES string of the molecule is CCC(=O)c1ccc2oc(N)c(C3CCN4CCCC4C3)c2c1.